The Morgan fingerprint density at radius 1 is 1.19 bits per heavy atom. The summed E-state index contributed by atoms with van der Waals surface area (Å²) in [6.45, 7) is 7.24. The quantitative estimate of drug-likeness (QED) is 0.852. The van der Waals surface area contributed by atoms with Crippen molar-refractivity contribution in [1.29, 1.82) is 0 Å². The summed E-state index contributed by atoms with van der Waals surface area (Å²) in [5.41, 5.74) is 1.93. The molecule has 1 saturated carbocycles. The zero-order valence-corrected chi connectivity index (χ0v) is 13.5. The van der Waals surface area contributed by atoms with E-state index in [1.807, 2.05) is 24.3 Å². The molecule has 116 valence electrons. The molecule has 3 heteroatoms. The normalized spacial score (nSPS) is 17.5. The molecule has 21 heavy (non-hydrogen) atoms. The maximum atomic E-state index is 12.5. The van der Waals surface area contributed by atoms with Gasteiger partial charge in [0.15, 0.2) is 0 Å². The van der Waals surface area contributed by atoms with Gasteiger partial charge in [-0.3, -0.25) is 4.79 Å². The van der Waals surface area contributed by atoms with E-state index in [1.54, 1.807) is 0 Å². The first-order valence-electron chi connectivity index (χ1n) is 8.14. The standard InChI is InChI=1S/C18H28N2O/c1-14(2)20-16-10-6-5-9-15(16)17(21)19-13-18(3)11-7-4-8-12-18/h5-6,9-10,14,20H,4,7-8,11-13H2,1-3H3,(H,19,21). The van der Waals surface area contributed by atoms with Crippen LogP contribution in [0.2, 0.25) is 0 Å². The van der Waals surface area contributed by atoms with Crippen LogP contribution in [0.1, 0.15) is 63.2 Å². The molecule has 0 heterocycles. The van der Waals surface area contributed by atoms with Gasteiger partial charge in [-0.2, -0.15) is 0 Å². The van der Waals surface area contributed by atoms with Gasteiger partial charge >= 0.3 is 0 Å². The summed E-state index contributed by atoms with van der Waals surface area (Å²) in [4.78, 5) is 12.5. The molecule has 0 saturated heterocycles. The Morgan fingerprint density at radius 2 is 1.86 bits per heavy atom. The van der Waals surface area contributed by atoms with E-state index in [4.69, 9.17) is 0 Å². The van der Waals surface area contributed by atoms with Gasteiger partial charge in [-0.05, 0) is 44.2 Å². The van der Waals surface area contributed by atoms with E-state index in [2.05, 4.69) is 31.4 Å². The number of anilines is 1. The molecule has 1 amide bonds. The molecule has 0 bridgehead atoms. The highest BCUT2D eigenvalue weighted by atomic mass is 16.1. The van der Waals surface area contributed by atoms with Gasteiger partial charge in [0.1, 0.15) is 0 Å². The van der Waals surface area contributed by atoms with Gasteiger partial charge in [0.05, 0.1) is 5.56 Å². The molecule has 0 atom stereocenters. The number of carbonyl (C=O) groups excluding carboxylic acids is 1. The first kappa shape index (κ1) is 15.9. The van der Waals surface area contributed by atoms with Crippen LogP contribution in [0.25, 0.3) is 0 Å². The second-order valence-electron chi connectivity index (χ2n) is 6.90. The SMILES string of the molecule is CC(C)Nc1ccccc1C(=O)NCC1(C)CCCCC1. The molecule has 1 aromatic rings. The fourth-order valence-corrected chi connectivity index (χ4v) is 3.09. The van der Waals surface area contributed by atoms with E-state index in [-0.39, 0.29) is 11.3 Å². The summed E-state index contributed by atoms with van der Waals surface area (Å²) in [6.07, 6.45) is 6.36. The Kier molecular flexibility index (Phi) is 5.27. The minimum Gasteiger partial charge on any atom is -0.382 e. The van der Waals surface area contributed by atoms with Crippen molar-refractivity contribution < 1.29 is 4.79 Å². The molecule has 1 aliphatic rings. The van der Waals surface area contributed by atoms with Crippen molar-refractivity contribution >= 4 is 11.6 Å². The first-order valence-corrected chi connectivity index (χ1v) is 8.14. The lowest BCUT2D eigenvalue weighted by atomic mass is 9.76. The highest BCUT2D eigenvalue weighted by Gasteiger charge is 2.27. The maximum Gasteiger partial charge on any atom is 0.253 e. The average molecular weight is 288 g/mol. The fraction of sp³-hybridized carbons (Fsp3) is 0.611. The molecule has 2 rings (SSSR count). The van der Waals surface area contributed by atoms with Gasteiger partial charge < -0.3 is 10.6 Å². The number of para-hydroxylation sites is 1. The number of hydrogen-bond donors (Lipinski definition) is 2. The summed E-state index contributed by atoms with van der Waals surface area (Å²) in [6, 6.07) is 8.06. The van der Waals surface area contributed by atoms with E-state index in [9.17, 15) is 4.79 Å². The highest BCUT2D eigenvalue weighted by Crippen LogP contribution is 2.35. The van der Waals surface area contributed by atoms with Crippen molar-refractivity contribution in [2.45, 2.75) is 58.9 Å². The molecule has 0 aliphatic heterocycles. The van der Waals surface area contributed by atoms with Crippen molar-refractivity contribution in [2.75, 3.05) is 11.9 Å². The average Bonchev–Trinajstić information content (AvgIpc) is 2.46. The Labute approximate surface area is 128 Å². The van der Waals surface area contributed by atoms with Crippen LogP contribution in [0.4, 0.5) is 5.69 Å². The predicted molar refractivity (Wildman–Crippen MR) is 88.7 cm³/mol. The predicted octanol–water partition coefficient (Wildman–Crippen LogP) is 4.21. The van der Waals surface area contributed by atoms with Crippen LogP contribution in [0.15, 0.2) is 24.3 Å². The third-order valence-corrected chi connectivity index (χ3v) is 4.35. The maximum absolute atomic E-state index is 12.5. The summed E-state index contributed by atoms with van der Waals surface area (Å²) in [5.74, 6) is 0.0329. The van der Waals surface area contributed by atoms with Gasteiger partial charge in [-0.25, -0.2) is 0 Å². The third kappa shape index (κ3) is 4.48. The van der Waals surface area contributed by atoms with E-state index in [1.165, 1.54) is 32.1 Å². The molecule has 0 aromatic heterocycles. The minimum absolute atomic E-state index is 0.0329. The van der Waals surface area contributed by atoms with Crippen molar-refractivity contribution in [3.8, 4) is 0 Å². The summed E-state index contributed by atoms with van der Waals surface area (Å²) < 4.78 is 0. The monoisotopic (exact) mass is 288 g/mol. The molecule has 0 unspecified atom stereocenters. The van der Waals surface area contributed by atoms with Crippen LogP contribution in [0, 0.1) is 5.41 Å². The van der Waals surface area contributed by atoms with Crippen LogP contribution in [0.5, 0.6) is 0 Å². The number of benzene rings is 1. The minimum atomic E-state index is 0.0329. The van der Waals surface area contributed by atoms with Crippen molar-refractivity contribution in [2.24, 2.45) is 5.41 Å². The van der Waals surface area contributed by atoms with E-state index in [0.29, 0.717) is 6.04 Å². The summed E-state index contributed by atoms with van der Waals surface area (Å²) in [7, 11) is 0. The number of amides is 1. The largest absolute Gasteiger partial charge is 0.382 e. The molecular weight excluding hydrogens is 260 g/mol. The molecule has 1 aliphatic carbocycles. The van der Waals surface area contributed by atoms with Crippen LogP contribution in [-0.2, 0) is 0 Å². The molecule has 3 nitrogen and oxygen atoms in total. The Hall–Kier alpha value is -1.51. The number of hydrogen-bond acceptors (Lipinski definition) is 2. The molecular formula is C18H28N2O. The number of rotatable bonds is 5. The van der Waals surface area contributed by atoms with Gasteiger partial charge in [0.2, 0.25) is 0 Å². The third-order valence-electron chi connectivity index (χ3n) is 4.35. The Balaban J connectivity index is 2.00. The van der Waals surface area contributed by atoms with Gasteiger partial charge in [-0.15, -0.1) is 0 Å². The molecule has 0 spiro atoms. The van der Waals surface area contributed by atoms with E-state index >= 15 is 0 Å². The van der Waals surface area contributed by atoms with Crippen LogP contribution in [-0.4, -0.2) is 18.5 Å². The van der Waals surface area contributed by atoms with Gasteiger partial charge in [0, 0.05) is 18.3 Å². The van der Waals surface area contributed by atoms with Crippen LogP contribution < -0.4 is 10.6 Å². The van der Waals surface area contributed by atoms with E-state index < -0.39 is 0 Å². The molecule has 0 radical (unpaired) electrons. The summed E-state index contributed by atoms with van der Waals surface area (Å²) >= 11 is 0. The molecule has 1 fully saturated rings. The fourth-order valence-electron chi connectivity index (χ4n) is 3.09. The lowest BCUT2D eigenvalue weighted by Crippen LogP contribution is -2.37. The zero-order chi connectivity index (χ0) is 15.3. The van der Waals surface area contributed by atoms with Crippen LogP contribution >= 0.6 is 0 Å². The zero-order valence-electron chi connectivity index (χ0n) is 13.5. The topological polar surface area (TPSA) is 41.1 Å². The first-order chi connectivity index (χ1) is 10.0. The number of nitrogens with one attached hydrogen (secondary N) is 2. The summed E-state index contributed by atoms with van der Waals surface area (Å²) in [5, 5.41) is 6.48. The second-order valence-corrected chi connectivity index (χ2v) is 6.90. The molecule has 1 aromatic carbocycles. The van der Waals surface area contributed by atoms with Crippen molar-refractivity contribution in [1.82, 2.24) is 5.32 Å². The van der Waals surface area contributed by atoms with Crippen molar-refractivity contribution in [3.05, 3.63) is 29.8 Å². The smallest absolute Gasteiger partial charge is 0.253 e. The van der Waals surface area contributed by atoms with Gasteiger partial charge in [-0.1, -0.05) is 38.3 Å². The number of carbonyl (C=O) groups is 1. The highest BCUT2D eigenvalue weighted by molar-refractivity contribution is 5.99. The van der Waals surface area contributed by atoms with Crippen LogP contribution in [0.3, 0.4) is 0 Å². The van der Waals surface area contributed by atoms with Crippen molar-refractivity contribution in [3.63, 3.8) is 0 Å². The van der Waals surface area contributed by atoms with Gasteiger partial charge in [0.25, 0.3) is 5.91 Å². The van der Waals surface area contributed by atoms with E-state index in [0.717, 1.165) is 17.8 Å². The lowest BCUT2D eigenvalue weighted by molar-refractivity contribution is 0.0920. The Bertz CT molecular complexity index is 476. The second kappa shape index (κ2) is 6.97. The lowest BCUT2D eigenvalue weighted by Gasteiger charge is -2.33. The Morgan fingerprint density at radius 3 is 2.52 bits per heavy atom. The molecule has 2 N–H and O–H groups in total.